The molecule has 0 aromatic heterocycles. The molecule has 0 atom stereocenters. The molecule has 24 heavy (non-hydrogen) atoms. The lowest BCUT2D eigenvalue weighted by Crippen LogP contribution is -2.20. The molecule has 0 aliphatic carbocycles. The minimum absolute atomic E-state index is 0.00282. The van der Waals surface area contributed by atoms with Gasteiger partial charge in [0.1, 0.15) is 0 Å². The fourth-order valence-corrected chi connectivity index (χ4v) is 2.81. The van der Waals surface area contributed by atoms with Gasteiger partial charge < -0.3 is 14.4 Å². The van der Waals surface area contributed by atoms with E-state index in [1.54, 1.807) is 19.1 Å². The van der Waals surface area contributed by atoms with Crippen LogP contribution >= 0.6 is 0 Å². The molecular weight excluding hydrogens is 302 g/mol. The number of rotatable bonds is 5. The van der Waals surface area contributed by atoms with Crippen molar-refractivity contribution in [3.05, 3.63) is 53.6 Å². The Hall–Kier alpha value is -2.75. The van der Waals surface area contributed by atoms with Crippen molar-refractivity contribution in [2.75, 3.05) is 25.7 Å². The van der Waals surface area contributed by atoms with Gasteiger partial charge in [-0.05, 0) is 36.3 Å². The SMILES string of the molecule is CCCOc1cc(C=C2C(=O)N(C)c3ccccc32)ccc1OC. The number of methoxy groups -OCH3 is 1. The maximum atomic E-state index is 12.5. The first-order valence-corrected chi connectivity index (χ1v) is 8.05. The first kappa shape index (κ1) is 16.1. The van der Waals surface area contributed by atoms with Crippen LogP contribution in [0.2, 0.25) is 0 Å². The largest absolute Gasteiger partial charge is 0.493 e. The third-order valence-corrected chi connectivity index (χ3v) is 4.05. The van der Waals surface area contributed by atoms with Crippen molar-refractivity contribution in [3.63, 3.8) is 0 Å². The number of carbonyl (C=O) groups excluding carboxylic acids is 1. The average molecular weight is 323 g/mol. The van der Waals surface area contributed by atoms with Crippen molar-refractivity contribution in [1.29, 1.82) is 0 Å². The van der Waals surface area contributed by atoms with Gasteiger partial charge in [-0.1, -0.05) is 31.2 Å². The summed E-state index contributed by atoms with van der Waals surface area (Å²) < 4.78 is 11.1. The van der Waals surface area contributed by atoms with E-state index in [4.69, 9.17) is 9.47 Å². The zero-order valence-corrected chi connectivity index (χ0v) is 14.2. The zero-order valence-electron chi connectivity index (χ0n) is 14.2. The minimum atomic E-state index is 0.00282. The van der Waals surface area contributed by atoms with Crippen molar-refractivity contribution >= 4 is 23.2 Å². The molecule has 3 rings (SSSR count). The first-order chi connectivity index (χ1) is 11.7. The Morgan fingerprint density at radius 2 is 1.92 bits per heavy atom. The Labute approximate surface area is 142 Å². The van der Waals surface area contributed by atoms with Gasteiger partial charge in [-0.2, -0.15) is 0 Å². The smallest absolute Gasteiger partial charge is 0.258 e. The third kappa shape index (κ3) is 2.87. The second kappa shape index (κ2) is 6.79. The molecule has 4 nitrogen and oxygen atoms in total. The molecule has 0 bridgehead atoms. The van der Waals surface area contributed by atoms with E-state index in [1.165, 1.54) is 0 Å². The fraction of sp³-hybridized carbons (Fsp3) is 0.250. The van der Waals surface area contributed by atoms with Crippen LogP contribution in [0.25, 0.3) is 11.6 Å². The van der Waals surface area contributed by atoms with Crippen molar-refractivity contribution in [1.82, 2.24) is 0 Å². The highest BCUT2D eigenvalue weighted by Gasteiger charge is 2.29. The van der Waals surface area contributed by atoms with Crippen LogP contribution in [0.15, 0.2) is 42.5 Å². The van der Waals surface area contributed by atoms with Gasteiger partial charge in [-0.15, -0.1) is 0 Å². The summed E-state index contributed by atoms with van der Waals surface area (Å²) in [6.07, 6.45) is 2.83. The molecule has 1 aliphatic rings. The predicted octanol–water partition coefficient (Wildman–Crippen LogP) is 4.00. The molecule has 1 amide bonds. The number of fused-ring (bicyclic) bond motifs is 1. The quantitative estimate of drug-likeness (QED) is 0.781. The number of ether oxygens (including phenoxy) is 2. The summed E-state index contributed by atoms with van der Waals surface area (Å²) in [6, 6.07) is 13.5. The summed E-state index contributed by atoms with van der Waals surface area (Å²) in [6.45, 7) is 2.68. The van der Waals surface area contributed by atoms with Gasteiger partial charge in [0, 0.05) is 18.2 Å². The highest BCUT2D eigenvalue weighted by molar-refractivity contribution is 6.35. The first-order valence-electron chi connectivity index (χ1n) is 8.05. The normalized spacial score (nSPS) is 14.9. The molecule has 0 unspecified atom stereocenters. The zero-order chi connectivity index (χ0) is 17.1. The molecule has 2 aromatic rings. The number of hydrogen-bond donors (Lipinski definition) is 0. The molecule has 124 valence electrons. The topological polar surface area (TPSA) is 38.8 Å². The number of nitrogens with zero attached hydrogens (tertiary/aromatic N) is 1. The summed E-state index contributed by atoms with van der Waals surface area (Å²) in [7, 11) is 3.42. The molecule has 0 fully saturated rings. The average Bonchev–Trinajstić information content (AvgIpc) is 2.85. The van der Waals surface area contributed by atoms with E-state index >= 15 is 0 Å². The Morgan fingerprint density at radius 3 is 2.67 bits per heavy atom. The van der Waals surface area contributed by atoms with Gasteiger partial charge in [0.05, 0.1) is 19.4 Å². The van der Waals surface area contributed by atoms with Gasteiger partial charge in [0.15, 0.2) is 11.5 Å². The molecular formula is C20H21NO3. The maximum Gasteiger partial charge on any atom is 0.258 e. The highest BCUT2D eigenvalue weighted by Crippen LogP contribution is 2.37. The van der Waals surface area contributed by atoms with Crippen molar-refractivity contribution in [2.24, 2.45) is 0 Å². The van der Waals surface area contributed by atoms with E-state index in [9.17, 15) is 4.79 Å². The summed E-state index contributed by atoms with van der Waals surface area (Å²) >= 11 is 0. The number of anilines is 1. The lowest BCUT2D eigenvalue weighted by molar-refractivity contribution is -0.112. The van der Waals surface area contributed by atoms with Gasteiger partial charge in [0.25, 0.3) is 5.91 Å². The van der Waals surface area contributed by atoms with Crippen LogP contribution in [0.5, 0.6) is 11.5 Å². The van der Waals surface area contributed by atoms with Crippen molar-refractivity contribution < 1.29 is 14.3 Å². The van der Waals surface area contributed by atoms with Gasteiger partial charge in [-0.3, -0.25) is 4.79 Å². The Bertz CT molecular complexity index is 795. The van der Waals surface area contributed by atoms with Crippen LogP contribution in [0.4, 0.5) is 5.69 Å². The van der Waals surface area contributed by atoms with Crippen LogP contribution in [-0.4, -0.2) is 26.7 Å². The molecule has 0 saturated carbocycles. The van der Waals surface area contributed by atoms with E-state index < -0.39 is 0 Å². The fourth-order valence-electron chi connectivity index (χ4n) is 2.81. The Morgan fingerprint density at radius 1 is 1.12 bits per heavy atom. The number of likely N-dealkylation sites (N-methyl/N-ethyl adjacent to an activating group) is 1. The lowest BCUT2D eigenvalue weighted by atomic mass is 10.0. The maximum absolute atomic E-state index is 12.5. The second-order valence-corrected chi connectivity index (χ2v) is 5.70. The van der Waals surface area contributed by atoms with Crippen LogP contribution in [0.1, 0.15) is 24.5 Å². The van der Waals surface area contributed by atoms with Gasteiger partial charge >= 0.3 is 0 Å². The van der Waals surface area contributed by atoms with Crippen LogP contribution in [0, 0.1) is 0 Å². The van der Waals surface area contributed by atoms with Gasteiger partial charge in [-0.25, -0.2) is 0 Å². The molecule has 0 radical (unpaired) electrons. The summed E-state index contributed by atoms with van der Waals surface area (Å²) in [5.41, 5.74) is 3.50. The summed E-state index contributed by atoms with van der Waals surface area (Å²) in [5.74, 6) is 1.39. The standard InChI is InChI=1S/C20H21NO3/c1-4-11-24-19-13-14(9-10-18(19)23-3)12-16-15-7-5-6-8-17(15)21(2)20(16)22/h5-10,12-13H,4,11H2,1-3H3. The van der Waals surface area contributed by atoms with E-state index in [2.05, 4.69) is 6.92 Å². The van der Waals surface area contributed by atoms with Crippen molar-refractivity contribution in [3.8, 4) is 11.5 Å². The van der Waals surface area contributed by atoms with E-state index in [-0.39, 0.29) is 5.91 Å². The van der Waals surface area contributed by atoms with E-state index in [1.807, 2.05) is 48.5 Å². The third-order valence-electron chi connectivity index (χ3n) is 4.05. The Balaban J connectivity index is 2.01. The lowest BCUT2D eigenvalue weighted by Gasteiger charge is -2.11. The number of amides is 1. The van der Waals surface area contributed by atoms with E-state index in [0.717, 1.165) is 23.2 Å². The van der Waals surface area contributed by atoms with E-state index in [0.29, 0.717) is 23.7 Å². The summed E-state index contributed by atoms with van der Waals surface area (Å²) in [5, 5.41) is 0. The number of para-hydroxylation sites is 1. The van der Waals surface area contributed by atoms with Crippen LogP contribution in [-0.2, 0) is 4.79 Å². The second-order valence-electron chi connectivity index (χ2n) is 5.70. The molecule has 4 heteroatoms. The highest BCUT2D eigenvalue weighted by atomic mass is 16.5. The molecule has 0 spiro atoms. The summed E-state index contributed by atoms with van der Waals surface area (Å²) in [4.78, 5) is 14.2. The number of hydrogen-bond acceptors (Lipinski definition) is 3. The van der Waals surface area contributed by atoms with Crippen LogP contribution < -0.4 is 14.4 Å². The number of carbonyl (C=O) groups is 1. The van der Waals surface area contributed by atoms with Gasteiger partial charge in [0.2, 0.25) is 0 Å². The Kier molecular flexibility index (Phi) is 4.56. The van der Waals surface area contributed by atoms with Crippen molar-refractivity contribution in [2.45, 2.75) is 13.3 Å². The molecule has 1 aliphatic heterocycles. The molecule has 2 aromatic carbocycles. The number of benzene rings is 2. The van der Waals surface area contributed by atoms with Crippen LogP contribution in [0.3, 0.4) is 0 Å². The monoisotopic (exact) mass is 323 g/mol. The molecule has 0 N–H and O–H groups in total. The molecule has 1 heterocycles. The minimum Gasteiger partial charge on any atom is -0.493 e. The predicted molar refractivity (Wildman–Crippen MR) is 96.5 cm³/mol. The molecule has 0 saturated heterocycles.